The summed E-state index contributed by atoms with van der Waals surface area (Å²) in [4.78, 5) is 0. The Bertz CT molecular complexity index is 386. The molecule has 0 aromatic heterocycles. The Labute approximate surface area is 116 Å². The van der Waals surface area contributed by atoms with E-state index in [2.05, 4.69) is 5.32 Å². The molecule has 18 heavy (non-hydrogen) atoms. The van der Waals surface area contributed by atoms with Crippen LogP contribution in [-0.2, 0) is 0 Å². The lowest BCUT2D eigenvalue weighted by Crippen LogP contribution is -2.34. The van der Waals surface area contributed by atoms with Crippen molar-refractivity contribution in [3.8, 4) is 0 Å². The van der Waals surface area contributed by atoms with Crippen molar-refractivity contribution in [2.75, 3.05) is 13.1 Å². The summed E-state index contributed by atoms with van der Waals surface area (Å²) in [5.74, 6) is -1.19. The van der Waals surface area contributed by atoms with Gasteiger partial charge < -0.3 is 11.1 Å². The summed E-state index contributed by atoms with van der Waals surface area (Å²) in [6.07, 6.45) is 1.67. The van der Waals surface area contributed by atoms with Gasteiger partial charge in [0.05, 0.1) is 0 Å². The molecule has 0 unspecified atom stereocenters. The Kier molecular flexibility index (Phi) is 5.79. The molecule has 0 radical (unpaired) electrons. The van der Waals surface area contributed by atoms with E-state index in [9.17, 15) is 8.78 Å². The van der Waals surface area contributed by atoms with Gasteiger partial charge in [0.15, 0.2) is 0 Å². The molecule has 2 nitrogen and oxygen atoms in total. The molecule has 1 aromatic carbocycles. The summed E-state index contributed by atoms with van der Waals surface area (Å²) in [6, 6.07) is 1.62. The fourth-order valence-corrected chi connectivity index (χ4v) is 2.50. The van der Waals surface area contributed by atoms with Gasteiger partial charge in [-0.2, -0.15) is 0 Å². The van der Waals surface area contributed by atoms with Crippen molar-refractivity contribution in [1.82, 2.24) is 5.32 Å². The summed E-state index contributed by atoms with van der Waals surface area (Å²) < 4.78 is 27.4. The first-order chi connectivity index (χ1) is 8.09. The van der Waals surface area contributed by atoms with Crippen molar-refractivity contribution >= 4 is 24.0 Å². The maximum absolute atomic E-state index is 13.7. The minimum absolute atomic E-state index is 0. The van der Waals surface area contributed by atoms with Crippen molar-refractivity contribution < 1.29 is 8.78 Å². The molecule has 0 bridgehead atoms. The van der Waals surface area contributed by atoms with E-state index in [1.54, 1.807) is 0 Å². The standard InChI is InChI=1S/C12H15ClF2N2.ClH/c13-8-5-9(14)11(10(15)6-8)12(16)7-1-3-17-4-2-7;/h5-7,12,17H,1-4,16H2;1H/t12-;/m1./s1. The lowest BCUT2D eigenvalue weighted by atomic mass is 9.86. The average molecular weight is 297 g/mol. The van der Waals surface area contributed by atoms with E-state index in [1.807, 2.05) is 0 Å². The number of rotatable bonds is 2. The SMILES string of the molecule is Cl.N[C@@H](c1c(F)cc(Cl)cc1F)C1CCNCC1. The summed E-state index contributed by atoms with van der Waals surface area (Å²) in [5.41, 5.74) is 5.93. The highest BCUT2D eigenvalue weighted by atomic mass is 35.5. The lowest BCUT2D eigenvalue weighted by molar-refractivity contribution is 0.311. The third-order valence-corrected chi connectivity index (χ3v) is 3.49. The highest BCUT2D eigenvalue weighted by Crippen LogP contribution is 2.31. The Balaban J connectivity index is 0.00000162. The lowest BCUT2D eigenvalue weighted by Gasteiger charge is -2.28. The van der Waals surface area contributed by atoms with Gasteiger partial charge in [-0.25, -0.2) is 8.78 Å². The number of halogens is 4. The maximum Gasteiger partial charge on any atom is 0.132 e. The van der Waals surface area contributed by atoms with Crippen LogP contribution in [0.5, 0.6) is 0 Å². The van der Waals surface area contributed by atoms with Crippen molar-refractivity contribution in [1.29, 1.82) is 0 Å². The number of benzene rings is 1. The van der Waals surface area contributed by atoms with E-state index < -0.39 is 17.7 Å². The van der Waals surface area contributed by atoms with Crippen LogP contribution in [0.4, 0.5) is 8.78 Å². The summed E-state index contributed by atoms with van der Waals surface area (Å²) in [7, 11) is 0. The van der Waals surface area contributed by atoms with Crippen LogP contribution < -0.4 is 11.1 Å². The Morgan fingerprint density at radius 2 is 1.72 bits per heavy atom. The first-order valence-electron chi connectivity index (χ1n) is 5.70. The van der Waals surface area contributed by atoms with Crippen LogP contribution in [-0.4, -0.2) is 13.1 Å². The first kappa shape index (κ1) is 15.6. The zero-order valence-electron chi connectivity index (χ0n) is 9.76. The third-order valence-electron chi connectivity index (χ3n) is 3.27. The van der Waals surface area contributed by atoms with E-state index in [0.717, 1.165) is 38.1 Å². The Morgan fingerprint density at radius 3 is 2.22 bits per heavy atom. The molecular formula is C12H16Cl2F2N2. The fraction of sp³-hybridized carbons (Fsp3) is 0.500. The monoisotopic (exact) mass is 296 g/mol. The molecule has 1 saturated heterocycles. The molecule has 6 heteroatoms. The summed E-state index contributed by atoms with van der Waals surface area (Å²) in [5, 5.41) is 3.25. The molecule has 2 rings (SSSR count). The van der Waals surface area contributed by atoms with Crippen LogP contribution in [0.25, 0.3) is 0 Å². The topological polar surface area (TPSA) is 38.0 Å². The van der Waals surface area contributed by atoms with Gasteiger partial charge in [0.25, 0.3) is 0 Å². The molecule has 102 valence electrons. The zero-order chi connectivity index (χ0) is 12.4. The van der Waals surface area contributed by atoms with Crippen LogP contribution in [0, 0.1) is 17.6 Å². The maximum atomic E-state index is 13.7. The molecule has 0 amide bonds. The van der Waals surface area contributed by atoms with Gasteiger partial charge in [0, 0.05) is 16.6 Å². The summed E-state index contributed by atoms with van der Waals surface area (Å²) >= 11 is 5.58. The van der Waals surface area contributed by atoms with E-state index in [0.29, 0.717) is 0 Å². The number of nitrogens with two attached hydrogens (primary N) is 1. The van der Waals surface area contributed by atoms with E-state index in [1.165, 1.54) is 0 Å². The van der Waals surface area contributed by atoms with Crippen LogP contribution >= 0.6 is 24.0 Å². The number of hydrogen-bond donors (Lipinski definition) is 2. The second-order valence-corrected chi connectivity index (χ2v) is 4.83. The molecule has 1 fully saturated rings. The predicted molar refractivity (Wildman–Crippen MR) is 71.1 cm³/mol. The van der Waals surface area contributed by atoms with Crippen LogP contribution in [0.2, 0.25) is 5.02 Å². The number of nitrogens with one attached hydrogen (secondary N) is 1. The molecule has 1 heterocycles. The van der Waals surface area contributed by atoms with E-state index in [4.69, 9.17) is 17.3 Å². The van der Waals surface area contributed by atoms with Gasteiger partial charge >= 0.3 is 0 Å². The van der Waals surface area contributed by atoms with Crippen LogP contribution in [0.3, 0.4) is 0 Å². The van der Waals surface area contributed by atoms with Gasteiger partial charge in [-0.05, 0) is 44.0 Å². The normalized spacial score (nSPS) is 18.2. The molecule has 1 aliphatic rings. The van der Waals surface area contributed by atoms with Crippen LogP contribution in [0.1, 0.15) is 24.4 Å². The number of hydrogen-bond acceptors (Lipinski definition) is 2. The van der Waals surface area contributed by atoms with Crippen LogP contribution in [0.15, 0.2) is 12.1 Å². The molecule has 0 aliphatic carbocycles. The molecule has 1 atom stereocenters. The van der Waals surface area contributed by atoms with Crippen molar-refractivity contribution in [2.24, 2.45) is 11.7 Å². The van der Waals surface area contributed by atoms with Crippen molar-refractivity contribution in [2.45, 2.75) is 18.9 Å². The number of piperidine rings is 1. The van der Waals surface area contributed by atoms with Gasteiger partial charge in [-0.1, -0.05) is 11.6 Å². The quantitative estimate of drug-likeness (QED) is 0.880. The summed E-state index contributed by atoms with van der Waals surface area (Å²) in [6.45, 7) is 1.68. The smallest absolute Gasteiger partial charge is 0.132 e. The zero-order valence-corrected chi connectivity index (χ0v) is 11.3. The second-order valence-electron chi connectivity index (χ2n) is 4.40. The molecule has 0 saturated carbocycles. The Hall–Kier alpha value is -0.420. The minimum atomic E-state index is -0.652. The largest absolute Gasteiger partial charge is 0.324 e. The fourth-order valence-electron chi connectivity index (χ4n) is 2.31. The molecule has 3 N–H and O–H groups in total. The molecule has 0 spiro atoms. The molecule has 1 aliphatic heterocycles. The van der Waals surface area contributed by atoms with Crippen molar-refractivity contribution in [3.63, 3.8) is 0 Å². The average Bonchev–Trinajstić information content (AvgIpc) is 2.28. The van der Waals surface area contributed by atoms with Gasteiger partial charge in [-0.15, -0.1) is 12.4 Å². The van der Waals surface area contributed by atoms with Crippen molar-refractivity contribution in [3.05, 3.63) is 34.4 Å². The van der Waals surface area contributed by atoms with E-state index in [-0.39, 0.29) is 28.9 Å². The van der Waals surface area contributed by atoms with Gasteiger partial charge in [-0.3, -0.25) is 0 Å². The predicted octanol–water partition coefficient (Wildman–Crippen LogP) is 3.04. The van der Waals surface area contributed by atoms with Gasteiger partial charge in [0.2, 0.25) is 0 Å². The second kappa shape index (κ2) is 6.66. The Morgan fingerprint density at radius 1 is 1.22 bits per heavy atom. The van der Waals surface area contributed by atoms with E-state index >= 15 is 0 Å². The third kappa shape index (κ3) is 3.32. The minimum Gasteiger partial charge on any atom is -0.324 e. The highest BCUT2D eigenvalue weighted by Gasteiger charge is 2.26. The molecular weight excluding hydrogens is 281 g/mol. The molecule has 1 aromatic rings. The first-order valence-corrected chi connectivity index (χ1v) is 6.08. The highest BCUT2D eigenvalue weighted by molar-refractivity contribution is 6.30. The van der Waals surface area contributed by atoms with Gasteiger partial charge in [0.1, 0.15) is 11.6 Å².